The molecule has 0 amide bonds. The van der Waals surface area contributed by atoms with E-state index >= 15 is 0 Å². The lowest BCUT2D eigenvalue weighted by Gasteiger charge is -2.00. The normalized spacial score (nSPS) is 14.1. The Morgan fingerprint density at radius 3 is 2.65 bits per heavy atom. The molecule has 1 aromatic carbocycles. The number of aliphatic imine (C=N–C) groups is 2. The first-order valence-corrected chi connectivity index (χ1v) is 6.36. The van der Waals surface area contributed by atoms with Gasteiger partial charge < -0.3 is 0 Å². The van der Waals surface area contributed by atoms with Crippen molar-refractivity contribution in [2.45, 2.75) is 6.42 Å². The Bertz CT molecular complexity index is 465. The van der Waals surface area contributed by atoms with Gasteiger partial charge in [0, 0.05) is 29.6 Å². The average molecular weight is 290 g/mol. The van der Waals surface area contributed by atoms with Crippen LogP contribution >= 0.6 is 34.8 Å². The van der Waals surface area contributed by atoms with Crippen LogP contribution in [-0.4, -0.2) is 17.4 Å². The maximum Gasteiger partial charge on any atom is 0.160 e. The van der Waals surface area contributed by atoms with Crippen molar-refractivity contribution in [3.8, 4) is 0 Å². The van der Waals surface area contributed by atoms with Crippen LogP contribution in [0.5, 0.6) is 0 Å². The third-order valence-corrected chi connectivity index (χ3v) is 2.37. The van der Waals surface area contributed by atoms with Gasteiger partial charge in [0.25, 0.3) is 0 Å². The maximum atomic E-state index is 5.89. The molecule has 0 bridgehead atoms. The van der Waals surface area contributed by atoms with E-state index in [4.69, 9.17) is 23.2 Å². The van der Waals surface area contributed by atoms with E-state index in [1.165, 1.54) is 6.38 Å². The number of rotatable bonds is 1. The molecule has 2 rings (SSSR count). The van der Waals surface area contributed by atoms with Crippen LogP contribution in [0.25, 0.3) is 0 Å². The first-order valence-electron chi connectivity index (χ1n) is 4.85. The number of amidine groups is 1. The second kappa shape index (κ2) is 7.49. The summed E-state index contributed by atoms with van der Waals surface area (Å²) in [6, 6.07) is 7.38. The fourth-order valence-corrected chi connectivity index (χ4v) is 1.59. The van der Waals surface area contributed by atoms with Gasteiger partial charge in [-0.15, -0.1) is 11.6 Å². The molecule has 17 heavy (non-hydrogen) atoms. The Labute approximate surface area is 116 Å². The fraction of sp³-hybridized carbons (Fsp3) is 0.167. The molecule has 1 aliphatic heterocycles. The summed E-state index contributed by atoms with van der Waals surface area (Å²) >= 11 is 16.4. The second-order valence-corrected chi connectivity index (χ2v) is 3.91. The molecule has 0 aromatic heterocycles. The molecular weight excluding hydrogens is 279 g/mol. The van der Waals surface area contributed by atoms with Crippen molar-refractivity contribution in [1.29, 1.82) is 0 Å². The molecule has 0 fully saturated rings. The molecule has 0 unspecified atom stereocenters. The van der Waals surface area contributed by atoms with Gasteiger partial charge in [-0.05, 0) is 12.1 Å². The summed E-state index contributed by atoms with van der Waals surface area (Å²) in [5, 5.41) is 1.19. The summed E-state index contributed by atoms with van der Waals surface area (Å²) in [6.07, 6.45) is 5.66. The van der Waals surface area contributed by atoms with Crippen molar-refractivity contribution in [3.05, 3.63) is 47.1 Å². The van der Waals surface area contributed by atoms with E-state index < -0.39 is 0 Å². The third-order valence-electron chi connectivity index (χ3n) is 1.90. The predicted molar refractivity (Wildman–Crippen MR) is 76.8 cm³/mol. The Morgan fingerprint density at radius 1 is 1.18 bits per heavy atom. The highest BCUT2D eigenvalue weighted by Gasteiger charge is 2.05. The maximum absolute atomic E-state index is 5.89. The number of benzene rings is 1. The number of nitrogens with zero attached hydrogens (tertiary/aromatic N) is 2. The highest BCUT2D eigenvalue weighted by molar-refractivity contribution is 6.66. The lowest BCUT2D eigenvalue weighted by Crippen LogP contribution is -1.98. The molecular formula is C12H11Cl3N2. The number of hydrogen-bond acceptors (Lipinski definition) is 2. The highest BCUT2D eigenvalue weighted by Crippen LogP contribution is 2.14. The molecule has 0 atom stereocenters. The van der Waals surface area contributed by atoms with E-state index in [9.17, 15) is 0 Å². The van der Waals surface area contributed by atoms with E-state index in [-0.39, 0.29) is 0 Å². The first kappa shape index (κ1) is 14.2. The summed E-state index contributed by atoms with van der Waals surface area (Å²) in [5.74, 6) is 0.594. The molecule has 0 spiro atoms. The topological polar surface area (TPSA) is 24.7 Å². The van der Waals surface area contributed by atoms with Gasteiger partial charge in [-0.1, -0.05) is 41.4 Å². The molecule has 1 aliphatic rings. The van der Waals surface area contributed by atoms with Gasteiger partial charge in [-0.3, -0.25) is 0 Å². The Kier molecular flexibility index (Phi) is 6.27. The van der Waals surface area contributed by atoms with E-state index in [1.54, 1.807) is 6.20 Å². The number of halogens is 3. The molecule has 0 saturated heterocycles. The largest absolute Gasteiger partial charge is 0.237 e. The molecule has 2 nitrogen and oxygen atoms in total. The van der Waals surface area contributed by atoms with Gasteiger partial charge in [0.15, 0.2) is 5.84 Å². The molecule has 0 N–H and O–H groups in total. The second-order valence-electron chi connectivity index (χ2n) is 3.04. The van der Waals surface area contributed by atoms with Crippen LogP contribution in [0.3, 0.4) is 0 Å². The molecule has 0 aliphatic carbocycles. The summed E-state index contributed by atoms with van der Waals surface area (Å²) in [7, 11) is 0. The Morgan fingerprint density at radius 2 is 1.94 bits per heavy atom. The minimum Gasteiger partial charge on any atom is -0.237 e. The van der Waals surface area contributed by atoms with Gasteiger partial charge >= 0.3 is 0 Å². The van der Waals surface area contributed by atoms with Gasteiger partial charge in [0.1, 0.15) is 5.17 Å². The van der Waals surface area contributed by atoms with Crippen molar-refractivity contribution >= 4 is 45.8 Å². The molecule has 0 saturated carbocycles. The standard InChI is InChI=1S/C11H8Cl2N2.CH3Cl/c12-9-4-1-3-8(7-9)11-14-6-2-5-10(13)15-11;1-2/h1-4,6-7H,5H2;1H3. The van der Waals surface area contributed by atoms with E-state index in [0.29, 0.717) is 22.4 Å². The van der Waals surface area contributed by atoms with Gasteiger partial charge in [-0.25, -0.2) is 9.98 Å². The summed E-state index contributed by atoms with van der Waals surface area (Å²) in [6.45, 7) is 0. The van der Waals surface area contributed by atoms with Gasteiger partial charge in [0.05, 0.1) is 0 Å². The van der Waals surface area contributed by atoms with Crippen molar-refractivity contribution in [1.82, 2.24) is 0 Å². The van der Waals surface area contributed by atoms with Gasteiger partial charge in [-0.2, -0.15) is 0 Å². The lowest BCUT2D eigenvalue weighted by atomic mass is 10.2. The summed E-state index contributed by atoms with van der Waals surface area (Å²) in [5.41, 5.74) is 0.868. The minimum atomic E-state index is 0.530. The smallest absolute Gasteiger partial charge is 0.160 e. The zero-order valence-electron chi connectivity index (χ0n) is 9.20. The van der Waals surface area contributed by atoms with Crippen LogP contribution in [0.2, 0.25) is 5.02 Å². The van der Waals surface area contributed by atoms with Crippen molar-refractivity contribution in [3.63, 3.8) is 0 Å². The number of alkyl halides is 1. The zero-order chi connectivity index (χ0) is 12.7. The highest BCUT2D eigenvalue weighted by atomic mass is 35.5. The monoisotopic (exact) mass is 288 g/mol. The number of hydrogen-bond donors (Lipinski definition) is 0. The first-order chi connectivity index (χ1) is 8.25. The summed E-state index contributed by atoms with van der Waals surface area (Å²) in [4.78, 5) is 8.39. The summed E-state index contributed by atoms with van der Waals surface area (Å²) < 4.78 is 0. The van der Waals surface area contributed by atoms with Crippen molar-refractivity contribution in [2.24, 2.45) is 9.98 Å². The average Bonchev–Trinajstić information content (AvgIpc) is 2.56. The third kappa shape index (κ3) is 4.50. The SMILES string of the molecule is CCl.ClC1=NC(c2cccc(Cl)c2)=NC=CC1. The van der Waals surface area contributed by atoms with E-state index in [2.05, 4.69) is 21.6 Å². The molecule has 1 heterocycles. The van der Waals surface area contributed by atoms with Crippen LogP contribution in [-0.2, 0) is 0 Å². The van der Waals surface area contributed by atoms with Crippen LogP contribution in [0, 0.1) is 0 Å². The predicted octanol–water partition coefficient (Wildman–Crippen LogP) is 4.50. The van der Waals surface area contributed by atoms with Crippen molar-refractivity contribution < 1.29 is 0 Å². The van der Waals surface area contributed by atoms with Crippen LogP contribution in [0.15, 0.2) is 46.5 Å². The quantitative estimate of drug-likeness (QED) is 0.680. The zero-order valence-corrected chi connectivity index (χ0v) is 11.5. The van der Waals surface area contributed by atoms with Crippen molar-refractivity contribution in [2.75, 3.05) is 6.38 Å². The Balaban J connectivity index is 0.000000686. The van der Waals surface area contributed by atoms with Crippen LogP contribution in [0.4, 0.5) is 0 Å². The minimum absolute atomic E-state index is 0.530. The van der Waals surface area contributed by atoms with Crippen LogP contribution in [0.1, 0.15) is 12.0 Å². The Hall–Kier alpha value is -0.830. The molecule has 5 heteroatoms. The van der Waals surface area contributed by atoms with Gasteiger partial charge in [0.2, 0.25) is 0 Å². The fourth-order valence-electron chi connectivity index (χ4n) is 1.23. The molecule has 0 radical (unpaired) electrons. The van der Waals surface area contributed by atoms with E-state index in [1.807, 2.05) is 30.3 Å². The van der Waals surface area contributed by atoms with Crippen LogP contribution < -0.4 is 0 Å². The van der Waals surface area contributed by atoms with E-state index in [0.717, 1.165) is 5.56 Å². The molecule has 1 aromatic rings. The lowest BCUT2D eigenvalue weighted by molar-refractivity contribution is 1.47. The number of allylic oxidation sites excluding steroid dienone is 1. The molecule has 90 valence electrons.